The van der Waals surface area contributed by atoms with E-state index in [0.29, 0.717) is 22.4 Å². The minimum Gasteiger partial charge on any atom is -0.324 e. The van der Waals surface area contributed by atoms with E-state index in [1.165, 1.54) is 0 Å². The zero-order valence-electron chi connectivity index (χ0n) is 13.9. The molecule has 0 fully saturated rings. The Balaban J connectivity index is 1.84. The Hall–Kier alpha value is -2.92. The van der Waals surface area contributed by atoms with Crippen LogP contribution in [0.25, 0.3) is 0 Å². The number of nitrogens with zero attached hydrogens (tertiary/aromatic N) is 2. The second kappa shape index (κ2) is 7.32. The zero-order valence-corrected chi connectivity index (χ0v) is 14.6. The average Bonchev–Trinajstić information content (AvgIpc) is 2.58. The fraction of sp³-hybridized carbons (Fsp3) is 0.105. The number of aromatic nitrogens is 2. The summed E-state index contributed by atoms with van der Waals surface area (Å²) < 4.78 is 0. The van der Waals surface area contributed by atoms with Crippen LogP contribution in [0.2, 0.25) is 5.02 Å². The van der Waals surface area contributed by atoms with Crippen LogP contribution >= 0.6 is 11.6 Å². The molecular formula is C19H17ClN4O. The molecule has 0 unspecified atom stereocenters. The van der Waals surface area contributed by atoms with Crippen LogP contribution in [0.15, 0.2) is 54.6 Å². The quantitative estimate of drug-likeness (QED) is 0.711. The van der Waals surface area contributed by atoms with E-state index in [1.807, 2.05) is 50.2 Å². The number of aryl methyl sites for hydroxylation is 2. The van der Waals surface area contributed by atoms with Crippen LogP contribution < -0.4 is 10.6 Å². The van der Waals surface area contributed by atoms with Gasteiger partial charge in [0.25, 0.3) is 5.91 Å². The van der Waals surface area contributed by atoms with Gasteiger partial charge in [-0.05, 0) is 49.7 Å². The van der Waals surface area contributed by atoms with Crippen LogP contribution in [0.1, 0.15) is 21.7 Å². The van der Waals surface area contributed by atoms with Gasteiger partial charge in [0.15, 0.2) is 0 Å². The van der Waals surface area contributed by atoms with Crippen LogP contribution in [0.3, 0.4) is 0 Å². The van der Waals surface area contributed by atoms with Gasteiger partial charge in [0, 0.05) is 22.1 Å². The molecule has 0 aliphatic heterocycles. The maximum Gasteiger partial charge on any atom is 0.274 e. The van der Waals surface area contributed by atoms with E-state index in [2.05, 4.69) is 20.6 Å². The molecule has 1 amide bonds. The summed E-state index contributed by atoms with van der Waals surface area (Å²) in [6, 6.07) is 16.5. The summed E-state index contributed by atoms with van der Waals surface area (Å²) in [5.74, 6) is 0.0612. The largest absolute Gasteiger partial charge is 0.324 e. The molecule has 0 aliphatic rings. The third kappa shape index (κ3) is 4.33. The lowest BCUT2D eigenvalue weighted by atomic mass is 10.2. The molecular weight excluding hydrogens is 336 g/mol. The number of benzene rings is 2. The Morgan fingerprint density at radius 3 is 2.52 bits per heavy atom. The molecule has 3 rings (SSSR count). The number of carbonyl (C=O) groups excluding carboxylic acids is 1. The number of anilines is 3. The maximum atomic E-state index is 12.6. The molecule has 1 aromatic heterocycles. The maximum absolute atomic E-state index is 12.6. The minimum atomic E-state index is -0.313. The number of hydrogen-bond acceptors (Lipinski definition) is 4. The topological polar surface area (TPSA) is 66.9 Å². The van der Waals surface area contributed by atoms with Crippen molar-refractivity contribution in [1.29, 1.82) is 0 Å². The molecule has 6 heteroatoms. The van der Waals surface area contributed by atoms with Gasteiger partial charge < -0.3 is 10.6 Å². The molecule has 5 nitrogen and oxygen atoms in total. The first-order chi connectivity index (χ1) is 12.0. The van der Waals surface area contributed by atoms with Gasteiger partial charge in [-0.3, -0.25) is 4.79 Å². The highest BCUT2D eigenvalue weighted by Gasteiger charge is 2.12. The zero-order chi connectivity index (χ0) is 17.8. The normalized spacial score (nSPS) is 10.4. The second-order valence-corrected chi connectivity index (χ2v) is 6.06. The molecule has 126 valence electrons. The summed E-state index contributed by atoms with van der Waals surface area (Å²) in [6.45, 7) is 3.72. The van der Waals surface area contributed by atoms with E-state index >= 15 is 0 Å². The Bertz CT molecular complexity index is 913. The highest BCUT2D eigenvalue weighted by Crippen LogP contribution is 2.21. The predicted octanol–water partition coefficient (Wildman–Crippen LogP) is 4.74. The van der Waals surface area contributed by atoms with Crippen LogP contribution in [-0.4, -0.2) is 15.9 Å². The lowest BCUT2D eigenvalue weighted by molar-refractivity contribution is 0.102. The van der Waals surface area contributed by atoms with Crippen molar-refractivity contribution in [3.05, 3.63) is 76.6 Å². The van der Waals surface area contributed by atoms with Crippen molar-refractivity contribution in [2.75, 3.05) is 10.6 Å². The number of rotatable bonds is 4. The molecule has 0 spiro atoms. The molecule has 0 atom stereocenters. The predicted molar refractivity (Wildman–Crippen MR) is 101 cm³/mol. The molecule has 0 aliphatic carbocycles. The molecule has 1 heterocycles. The second-order valence-electron chi connectivity index (χ2n) is 5.62. The van der Waals surface area contributed by atoms with Gasteiger partial charge >= 0.3 is 0 Å². The van der Waals surface area contributed by atoms with E-state index in [-0.39, 0.29) is 11.6 Å². The van der Waals surface area contributed by atoms with Gasteiger partial charge in [0.1, 0.15) is 5.69 Å². The summed E-state index contributed by atoms with van der Waals surface area (Å²) in [5, 5.41) is 6.51. The number of halogens is 1. The molecule has 0 saturated carbocycles. The first-order valence-electron chi connectivity index (χ1n) is 7.76. The Morgan fingerprint density at radius 2 is 1.76 bits per heavy atom. The lowest BCUT2D eigenvalue weighted by Gasteiger charge is -2.10. The van der Waals surface area contributed by atoms with E-state index in [1.54, 1.807) is 18.2 Å². The molecule has 0 saturated heterocycles. The summed E-state index contributed by atoms with van der Waals surface area (Å²) in [4.78, 5) is 21.2. The van der Waals surface area contributed by atoms with Crippen molar-refractivity contribution in [3.8, 4) is 0 Å². The van der Waals surface area contributed by atoms with Gasteiger partial charge in [-0.2, -0.15) is 0 Å². The van der Waals surface area contributed by atoms with Gasteiger partial charge in [0.2, 0.25) is 5.95 Å². The molecule has 25 heavy (non-hydrogen) atoms. The van der Waals surface area contributed by atoms with Crippen LogP contribution in [0.5, 0.6) is 0 Å². The van der Waals surface area contributed by atoms with E-state index < -0.39 is 0 Å². The molecule has 2 aromatic carbocycles. The fourth-order valence-electron chi connectivity index (χ4n) is 2.31. The third-order valence-corrected chi connectivity index (χ3v) is 3.80. The first kappa shape index (κ1) is 16.9. The molecule has 3 aromatic rings. The number of amides is 1. The highest BCUT2D eigenvalue weighted by molar-refractivity contribution is 6.31. The van der Waals surface area contributed by atoms with Gasteiger partial charge in [-0.25, -0.2) is 9.97 Å². The SMILES string of the molecule is Cc1cc(C(=O)Nc2cc(Cl)ccc2C)nc(Nc2ccccc2)n1. The Kier molecular flexibility index (Phi) is 4.95. The Morgan fingerprint density at radius 1 is 1.00 bits per heavy atom. The van der Waals surface area contributed by atoms with Crippen molar-refractivity contribution in [1.82, 2.24) is 9.97 Å². The minimum absolute atomic E-state index is 0.283. The number of hydrogen-bond donors (Lipinski definition) is 2. The third-order valence-electron chi connectivity index (χ3n) is 3.56. The van der Waals surface area contributed by atoms with Crippen molar-refractivity contribution in [2.45, 2.75) is 13.8 Å². The van der Waals surface area contributed by atoms with Crippen molar-refractivity contribution in [3.63, 3.8) is 0 Å². The van der Waals surface area contributed by atoms with E-state index in [4.69, 9.17) is 11.6 Å². The molecule has 2 N–H and O–H groups in total. The van der Waals surface area contributed by atoms with Crippen LogP contribution in [-0.2, 0) is 0 Å². The summed E-state index contributed by atoms with van der Waals surface area (Å²) >= 11 is 6.00. The smallest absolute Gasteiger partial charge is 0.274 e. The van der Waals surface area contributed by atoms with Crippen LogP contribution in [0, 0.1) is 13.8 Å². The Labute approximate surface area is 151 Å². The van der Waals surface area contributed by atoms with Crippen molar-refractivity contribution >= 4 is 34.8 Å². The van der Waals surface area contributed by atoms with E-state index in [0.717, 1.165) is 11.3 Å². The standard InChI is InChI=1S/C19H17ClN4O/c1-12-8-9-14(20)11-16(12)23-18(25)17-10-13(2)21-19(24-17)22-15-6-4-3-5-7-15/h3-11H,1-2H3,(H,23,25)(H,21,22,24). The summed E-state index contributed by atoms with van der Waals surface area (Å²) in [6.07, 6.45) is 0. The number of carbonyl (C=O) groups is 1. The van der Waals surface area contributed by atoms with Crippen molar-refractivity contribution < 1.29 is 4.79 Å². The van der Waals surface area contributed by atoms with Crippen LogP contribution in [0.4, 0.5) is 17.3 Å². The van der Waals surface area contributed by atoms with Gasteiger partial charge in [-0.1, -0.05) is 35.9 Å². The highest BCUT2D eigenvalue weighted by atomic mass is 35.5. The van der Waals surface area contributed by atoms with E-state index in [9.17, 15) is 4.79 Å². The van der Waals surface area contributed by atoms with Crippen molar-refractivity contribution in [2.24, 2.45) is 0 Å². The van der Waals surface area contributed by atoms with Gasteiger partial charge in [0.05, 0.1) is 0 Å². The number of nitrogens with one attached hydrogen (secondary N) is 2. The summed E-state index contributed by atoms with van der Waals surface area (Å²) in [5.41, 5.74) is 3.41. The molecule has 0 bridgehead atoms. The molecule has 0 radical (unpaired) electrons. The summed E-state index contributed by atoms with van der Waals surface area (Å²) in [7, 11) is 0. The fourth-order valence-corrected chi connectivity index (χ4v) is 2.48. The van der Waals surface area contributed by atoms with Gasteiger partial charge in [-0.15, -0.1) is 0 Å². The lowest BCUT2D eigenvalue weighted by Crippen LogP contribution is -2.16. The average molecular weight is 353 g/mol. The number of para-hydroxylation sites is 1. The first-order valence-corrected chi connectivity index (χ1v) is 8.14. The monoisotopic (exact) mass is 352 g/mol.